The zero-order valence-corrected chi connectivity index (χ0v) is 17.9. The zero-order valence-electron chi connectivity index (χ0n) is 17.1. The van der Waals surface area contributed by atoms with Crippen LogP contribution in [0.3, 0.4) is 0 Å². The predicted molar refractivity (Wildman–Crippen MR) is 118 cm³/mol. The van der Waals surface area contributed by atoms with E-state index in [9.17, 15) is 9.18 Å². The van der Waals surface area contributed by atoms with Gasteiger partial charge in [0.25, 0.3) is 5.91 Å². The molecule has 2 aromatic heterocycles. The van der Waals surface area contributed by atoms with Gasteiger partial charge in [0.2, 0.25) is 0 Å². The fourth-order valence-electron chi connectivity index (χ4n) is 3.31. The average molecular weight is 438 g/mol. The Kier molecular flexibility index (Phi) is 5.86. The van der Waals surface area contributed by atoms with Crippen molar-refractivity contribution in [3.63, 3.8) is 0 Å². The molecule has 6 nitrogen and oxygen atoms in total. The summed E-state index contributed by atoms with van der Waals surface area (Å²) in [6.07, 6.45) is 3.33. The number of nitrogens with zero attached hydrogens (tertiary/aromatic N) is 4. The highest BCUT2D eigenvalue weighted by molar-refractivity contribution is 6.31. The van der Waals surface area contributed by atoms with E-state index in [4.69, 9.17) is 11.6 Å². The van der Waals surface area contributed by atoms with Gasteiger partial charge in [-0.2, -0.15) is 10.2 Å². The first-order chi connectivity index (χ1) is 14.9. The van der Waals surface area contributed by atoms with Crippen molar-refractivity contribution in [3.8, 4) is 0 Å². The largest absolute Gasteiger partial charge is 0.319 e. The topological polar surface area (TPSA) is 64.7 Å². The van der Waals surface area contributed by atoms with Crippen molar-refractivity contribution < 1.29 is 9.18 Å². The Hall–Kier alpha value is -3.45. The summed E-state index contributed by atoms with van der Waals surface area (Å²) in [4.78, 5) is 12.7. The van der Waals surface area contributed by atoms with Gasteiger partial charge in [-0.1, -0.05) is 35.9 Å². The molecule has 0 spiro atoms. The van der Waals surface area contributed by atoms with Gasteiger partial charge in [0.1, 0.15) is 5.82 Å². The lowest BCUT2D eigenvalue weighted by atomic mass is 10.1. The molecule has 0 aliphatic carbocycles. The fraction of sp³-hybridized carbons (Fsp3) is 0.174. The van der Waals surface area contributed by atoms with Crippen LogP contribution in [0.4, 0.5) is 10.1 Å². The van der Waals surface area contributed by atoms with Crippen molar-refractivity contribution in [1.82, 2.24) is 19.6 Å². The van der Waals surface area contributed by atoms with E-state index < -0.39 is 0 Å². The number of benzene rings is 2. The van der Waals surface area contributed by atoms with E-state index in [1.54, 1.807) is 35.3 Å². The van der Waals surface area contributed by atoms with Gasteiger partial charge < -0.3 is 5.32 Å². The molecule has 0 unspecified atom stereocenters. The quantitative estimate of drug-likeness (QED) is 0.469. The third-order valence-corrected chi connectivity index (χ3v) is 5.51. The molecule has 1 amide bonds. The molecule has 2 aromatic carbocycles. The molecular weight excluding hydrogens is 417 g/mol. The zero-order chi connectivity index (χ0) is 22.0. The molecule has 31 heavy (non-hydrogen) atoms. The molecule has 0 saturated heterocycles. The highest BCUT2D eigenvalue weighted by Gasteiger charge is 2.12. The second kappa shape index (κ2) is 8.73. The summed E-state index contributed by atoms with van der Waals surface area (Å²) in [6.45, 7) is 4.79. The SMILES string of the molecule is Cc1nn(Cc2cccc(C(=O)Nc3cnn(Cc4ccc(F)cc4)c3)c2)c(C)c1Cl. The number of halogens is 2. The predicted octanol–water partition coefficient (Wildman–Crippen LogP) is 4.84. The Balaban J connectivity index is 1.43. The number of nitrogens with one attached hydrogen (secondary N) is 1. The number of aryl methyl sites for hydroxylation is 1. The molecule has 4 aromatic rings. The summed E-state index contributed by atoms with van der Waals surface area (Å²) >= 11 is 6.22. The number of carbonyl (C=O) groups is 1. The van der Waals surface area contributed by atoms with Crippen molar-refractivity contribution in [2.75, 3.05) is 5.32 Å². The van der Waals surface area contributed by atoms with Gasteiger partial charge in [0, 0.05) is 11.8 Å². The summed E-state index contributed by atoms with van der Waals surface area (Å²) in [5.74, 6) is -0.505. The molecule has 0 radical (unpaired) electrons. The van der Waals surface area contributed by atoms with Crippen molar-refractivity contribution in [2.45, 2.75) is 26.9 Å². The summed E-state index contributed by atoms with van der Waals surface area (Å²) in [5.41, 5.74) is 4.66. The molecule has 4 rings (SSSR count). The van der Waals surface area contributed by atoms with Crippen molar-refractivity contribution in [3.05, 3.63) is 99.8 Å². The van der Waals surface area contributed by atoms with Crippen LogP contribution in [0.2, 0.25) is 5.02 Å². The van der Waals surface area contributed by atoms with E-state index in [2.05, 4.69) is 15.5 Å². The smallest absolute Gasteiger partial charge is 0.255 e. The number of aromatic nitrogens is 4. The van der Waals surface area contributed by atoms with E-state index >= 15 is 0 Å². The highest BCUT2D eigenvalue weighted by atomic mass is 35.5. The standard InChI is InChI=1S/C23H21ClFN5O/c1-15-22(24)16(2)30(28-15)13-18-4-3-5-19(10-18)23(31)27-21-11-26-29(14-21)12-17-6-8-20(25)9-7-17/h3-11,14H,12-13H2,1-2H3,(H,27,31). The first-order valence-corrected chi connectivity index (χ1v) is 10.1. The molecular formula is C23H21ClFN5O. The second-order valence-corrected chi connectivity index (χ2v) is 7.73. The molecule has 158 valence electrons. The van der Waals surface area contributed by atoms with E-state index in [0.717, 1.165) is 22.5 Å². The lowest BCUT2D eigenvalue weighted by molar-refractivity contribution is 0.102. The Bertz CT molecular complexity index is 1230. The Morgan fingerprint density at radius 2 is 1.87 bits per heavy atom. The minimum Gasteiger partial charge on any atom is -0.319 e. The van der Waals surface area contributed by atoms with Crippen LogP contribution < -0.4 is 5.32 Å². The summed E-state index contributed by atoms with van der Waals surface area (Å²) in [5, 5.41) is 12.2. The molecule has 2 heterocycles. The summed E-state index contributed by atoms with van der Waals surface area (Å²) < 4.78 is 16.6. The van der Waals surface area contributed by atoms with Gasteiger partial charge in [0.15, 0.2) is 0 Å². The highest BCUT2D eigenvalue weighted by Crippen LogP contribution is 2.20. The summed E-state index contributed by atoms with van der Waals surface area (Å²) in [6, 6.07) is 13.6. The molecule has 8 heteroatoms. The second-order valence-electron chi connectivity index (χ2n) is 7.35. The van der Waals surface area contributed by atoms with Crippen LogP contribution in [0.15, 0.2) is 60.9 Å². The maximum absolute atomic E-state index is 13.0. The monoisotopic (exact) mass is 437 g/mol. The van der Waals surface area contributed by atoms with Gasteiger partial charge in [0.05, 0.1) is 41.4 Å². The van der Waals surface area contributed by atoms with Crippen LogP contribution in [0.25, 0.3) is 0 Å². The number of carbonyl (C=O) groups excluding carboxylic acids is 1. The molecule has 0 atom stereocenters. The van der Waals surface area contributed by atoms with E-state index in [0.29, 0.717) is 29.4 Å². The Labute approximate surface area is 184 Å². The van der Waals surface area contributed by atoms with Gasteiger partial charge in [-0.15, -0.1) is 0 Å². The fourth-order valence-corrected chi connectivity index (χ4v) is 3.44. The maximum atomic E-state index is 13.0. The molecule has 0 aliphatic rings. The van der Waals surface area contributed by atoms with E-state index in [-0.39, 0.29) is 11.7 Å². The third-order valence-electron chi connectivity index (χ3n) is 4.96. The molecule has 1 N–H and O–H groups in total. The maximum Gasteiger partial charge on any atom is 0.255 e. The van der Waals surface area contributed by atoms with Gasteiger partial charge >= 0.3 is 0 Å². The Morgan fingerprint density at radius 1 is 1.10 bits per heavy atom. The molecule has 0 fully saturated rings. The first kappa shape index (κ1) is 20.8. The van der Waals surface area contributed by atoms with Crippen LogP contribution >= 0.6 is 11.6 Å². The number of hydrogen-bond acceptors (Lipinski definition) is 3. The van der Waals surface area contributed by atoms with Crippen LogP contribution in [0, 0.1) is 19.7 Å². The number of anilines is 1. The number of rotatable bonds is 6. The first-order valence-electron chi connectivity index (χ1n) is 9.76. The van der Waals surface area contributed by atoms with Gasteiger partial charge in [-0.25, -0.2) is 4.39 Å². The number of hydrogen-bond donors (Lipinski definition) is 1. The van der Waals surface area contributed by atoms with Gasteiger partial charge in [-0.05, 0) is 49.2 Å². The van der Waals surface area contributed by atoms with E-state index in [1.807, 2.05) is 36.7 Å². The lowest BCUT2D eigenvalue weighted by Gasteiger charge is -2.07. The van der Waals surface area contributed by atoms with Crippen molar-refractivity contribution in [1.29, 1.82) is 0 Å². The average Bonchev–Trinajstić information content (AvgIpc) is 3.29. The molecule has 0 saturated carbocycles. The van der Waals surface area contributed by atoms with Crippen molar-refractivity contribution in [2.24, 2.45) is 0 Å². The van der Waals surface area contributed by atoms with Crippen LogP contribution in [0.1, 0.15) is 32.9 Å². The van der Waals surface area contributed by atoms with Crippen molar-refractivity contribution >= 4 is 23.2 Å². The lowest BCUT2D eigenvalue weighted by Crippen LogP contribution is -2.12. The Morgan fingerprint density at radius 3 is 2.58 bits per heavy atom. The van der Waals surface area contributed by atoms with E-state index in [1.165, 1.54) is 12.1 Å². The minimum atomic E-state index is -0.277. The van der Waals surface area contributed by atoms with Gasteiger partial charge in [-0.3, -0.25) is 14.2 Å². The molecule has 0 aliphatic heterocycles. The van der Waals surface area contributed by atoms with Crippen LogP contribution in [0.5, 0.6) is 0 Å². The molecule has 0 bridgehead atoms. The number of amides is 1. The van der Waals surface area contributed by atoms with Crippen LogP contribution in [-0.4, -0.2) is 25.5 Å². The third kappa shape index (κ3) is 4.83. The minimum absolute atomic E-state index is 0.227. The normalized spacial score (nSPS) is 11.0. The van der Waals surface area contributed by atoms with Crippen LogP contribution in [-0.2, 0) is 13.1 Å². The summed E-state index contributed by atoms with van der Waals surface area (Å²) in [7, 11) is 0.